The number of halogens is 1. The summed E-state index contributed by atoms with van der Waals surface area (Å²) >= 11 is 0. The summed E-state index contributed by atoms with van der Waals surface area (Å²) in [5.74, 6) is -0.448. The minimum Gasteiger partial charge on any atom is -0.356 e. The second kappa shape index (κ2) is 6.42. The SMILES string of the molecule is CN1CCN(S(=O)(=O)c2ccc(F)cc2)CC12CCNC(=O)CC2. The molecule has 1 spiro atoms. The molecule has 1 amide bonds. The third-order valence-electron chi connectivity index (χ3n) is 5.15. The summed E-state index contributed by atoms with van der Waals surface area (Å²) in [6, 6.07) is 4.92. The van der Waals surface area contributed by atoms with E-state index in [2.05, 4.69) is 10.2 Å². The van der Waals surface area contributed by atoms with Crippen LogP contribution < -0.4 is 5.32 Å². The zero-order valence-corrected chi connectivity index (χ0v) is 14.5. The fourth-order valence-corrected chi connectivity index (χ4v) is 5.03. The van der Waals surface area contributed by atoms with Gasteiger partial charge < -0.3 is 5.32 Å². The van der Waals surface area contributed by atoms with Crippen molar-refractivity contribution >= 4 is 15.9 Å². The zero-order valence-electron chi connectivity index (χ0n) is 13.7. The Balaban J connectivity index is 1.87. The molecule has 2 saturated heterocycles. The summed E-state index contributed by atoms with van der Waals surface area (Å²) in [5.41, 5.74) is -0.343. The minimum absolute atomic E-state index is 0.0128. The Morgan fingerprint density at radius 3 is 2.58 bits per heavy atom. The van der Waals surface area contributed by atoms with Gasteiger partial charge in [0, 0.05) is 38.1 Å². The molecule has 6 nitrogen and oxygen atoms in total. The van der Waals surface area contributed by atoms with Crippen molar-refractivity contribution in [1.29, 1.82) is 0 Å². The third kappa shape index (κ3) is 3.18. The lowest BCUT2D eigenvalue weighted by atomic mass is 9.87. The van der Waals surface area contributed by atoms with Crippen LogP contribution in [0.3, 0.4) is 0 Å². The van der Waals surface area contributed by atoms with E-state index in [0.717, 1.165) is 12.1 Å². The Kier molecular flexibility index (Phi) is 4.63. The number of nitrogens with zero attached hydrogens (tertiary/aromatic N) is 2. The summed E-state index contributed by atoms with van der Waals surface area (Å²) in [6.45, 7) is 1.89. The average molecular weight is 355 g/mol. The van der Waals surface area contributed by atoms with Gasteiger partial charge in [0.1, 0.15) is 5.82 Å². The van der Waals surface area contributed by atoms with Crippen molar-refractivity contribution in [2.24, 2.45) is 0 Å². The average Bonchev–Trinajstić information content (AvgIpc) is 2.73. The lowest BCUT2D eigenvalue weighted by Crippen LogP contribution is -2.62. The maximum atomic E-state index is 13.1. The predicted octanol–water partition coefficient (Wildman–Crippen LogP) is 0.801. The topological polar surface area (TPSA) is 69.7 Å². The molecule has 1 atom stereocenters. The van der Waals surface area contributed by atoms with Crippen LogP contribution in [-0.4, -0.2) is 62.3 Å². The number of hydrogen-bond donors (Lipinski definition) is 1. The van der Waals surface area contributed by atoms with Crippen LogP contribution in [-0.2, 0) is 14.8 Å². The summed E-state index contributed by atoms with van der Waals surface area (Å²) in [6.07, 6.45) is 1.74. The lowest BCUT2D eigenvalue weighted by Gasteiger charge is -2.48. The fraction of sp³-hybridized carbons (Fsp3) is 0.562. The molecule has 0 saturated carbocycles. The molecule has 132 valence electrons. The van der Waals surface area contributed by atoms with Gasteiger partial charge in [0.05, 0.1) is 4.90 Å². The van der Waals surface area contributed by atoms with Gasteiger partial charge in [0.15, 0.2) is 0 Å². The predicted molar refractivity (Wildman–Crippen MR) is 87.4 cm³/mol. The molecule has 24 heavy (non-hydrogen) atoms. The van der Waals surface area contributed by atoms with E-state index >= 15 is 0 Å². The number of hydrogen-bond acceptors (Lipinski definition) is 4. The second-order valence-corrected chi connectivity index (χ2v) is 8.48. The minimum atomic E-state index is -3.67. The monoisotopic (exact) mass is 355 g/mol. The largest absolute Gasteiger partial charge is 0.356 e. The highest BCUT2D eigenvalue weighted by atomic mass is 32.2. The molecule has 1 aromatic carbocycles. The molecule has 2 heterocycles. The molecular formula is C16H22FN3O3S. The summed E-state index contributed by atoms with van der Waals surface area (Å²) in [5, 5.41) is 2.85. The molecule has 1 N–H and O–H groups in total. The normalized spacial score (nSPS) is 27.0. The number of carbonyl (C=O) groups excluding carboxylic acids is 1. The van der Waals surface area contributed by atoms with Crippen LogP contribution in [0.2, 0.25) is 0 Å². The number of nitrogens with one attached hydrogen (secondary N) is 1. The molecule has 8 heteroatoms. The van der Waals surface area contributed by atoms with Gasteiger partial charge in [-0.15, -0.1) is 0 Å². The Morgan fingerprint density at radius 1 is 1.17 bits per heavy atom. The van der Waals surface area contributed by atoms with Crippen LogP contribution in [0.25, 0.3) is 0 Å². The van der Waals surface area contributed by atoms with Crippen LogP contribution in [0.15, 0.2) is 29.2 Å². The Morgan fingerprint density at radius 2 is 1.88 bits per heavy atom. The molecule has 0 bridgehead atoms. The number of amides is 1. The fourth-order valence-electron chi connectivity index (χ4n) is 3.52. The first-order chi connectivity index (χ1) is 11.3. The van der Waals surface area contributed by atoms with Crippen molar-refractivity contribution < 1.29 is 17.6 Å². The Hall–Kier alpha value is -1.51. The van der Waals surface area contributed by atoms with Gasteiger partial charge >= 0.3 is 0 Å². The van der Waals surface area contributed by atoms with Gasteiger partial charge in [-0.3, -0.25) is 9.69 Å². The lowest BCUT2D eigenvalue weighted by molar-refractivity contribution is -0.121. The number of sulfonamides is 1. The highest BCUT2D eigenvalue weighted by Gasteiger charge is 2.44. The van der Waals surface area contributed by atoms with Crippen molar-refractivity contribution in [3.8, 4) is 0 Å². The molecule has 1 unspecified atom stereocenters. The van der Waals surface area contributed by atoms with Crippen molar-refractivity contribution in [3.05, 3.63) is 30.1 Å². The Bertz CT molecular complexity index is 723. The molecule has 2 aliphatic rings. The van der Waals surface area contributed by atoms with Gasteiger partial charge in [-0.25, -0.2) is 12.8 Å². The molecule has 3 rings (SSSR count). The number of rotatable bonds is 2. The number of likely N-dealkylation sites (N-methyl/N-ethyl adjacent to an activating group) is 1. The van der Waals surface area contributed by atoms with E-state index in [9.17, 15) is 17.6 Å². The van der Waals surface area contributed by atoms with E-state index in [0.29, 0.717) is 45.4 Å². The molecule has 2 fully saturated rings. The van der Waals surface area contributed by atoms with E-state index in [1.807, 2.05) is 7.05 Å². The van der Waals surface area contributed by atoms with Crippen LogP contribution in [0, 0.1) is 5.82 Å². The maximum absolute atomic E-state index is 13.1. The van der Waals surface area contributed by atoms with Crippen LogP contribution in [0.4, 0.5) is 4.39 Å². The van der Waals surface area contributed by atoms with Crippen molar-refractivity contribution in [3.63, 3.8) is 0 Å². The van der Waals surface area contributed by atoms with E-state index in [-0.39, 0.29) is 16.3 Å². The number of benzene rings is 1. The summed E-state index contributed by atoms with van der Waals surface area (Å²) < 4.78 is 40.3. The van der Waals surface area contributed by atoms with E-state index in [4.69, 9.17) is 0 Å². The van der Waals surface area contributed by atoms with Crippen molar-refractivity contribution in [2.75, 3.05) is 33.2 Å². The second-order valence-electron chi connectivity index (χ2n) is 6.54. The molecule has 2 aliphatic heterocycles. The van der Waals surface area contributed by atoms with E-state index in [1.54, 1.807) is 0 Å². The van der Waals surface area contributed by atoms with Crippen molar-refractivity contribution in [2.45, 2.75) is 29.7 Å². The molecule has 0 radical (unpaired) electrons. The zero-order chi connectivity index (χ0) is 17.4. The maximum Gasteiger partial charge on any atom is 0.243 e. The summed E-state index contributed by atoms with van der Waals surface area (Å²) in [4.78, 5) is 13.9. The first-order valence-electron chi connectivity index (χ1n) is 8.07. The third-order valence-corrected chi connectivity index (χ3v) is 7.01. The first kappa shape index (κ1) is 17.3. The van der Waals surface area contributed by atoms with Crippen LogP contribution in [0.1, 0.15) is 19.3 Å². The van der Waals surface area contributed by atoms with Gasteiger partial charge in [0.25, 0.3) is 0 Å². The number of carbonyl (C=O) groups is 1. The smallest absolute Gasteiger partial charge is 0.243 e. The highest BCUT2D eigenvalue weighted by Crippen LogP contribution is 2.32. The molecule has 0 aliphatic carbocycles. The van der Waals surface area contributed by atoms with E-state index < -0.39 is 15.8 Å². The standard InChI is InChI=1S/C16H22FN3O3S/c1-19-10-11-20(12-16(19)7-6-15(21)18-9-8-16)24(22,23)14-4-2-13(17)3-5-14/h2-5H,6-12H2,1H3,(H,18,21). The highest BCUT2D eigenvalue weighted by molar-refractivity contribution is 7.89. The van der Waals surface area contributed by atoms with Gasteiger partial charge in [-0.1, -0.05) is 0 Å². The first-order valence-corrected chi connectivity index (χ1v) is 9.51. The van der Waals surface area contributed by atoms with Gasteiger partial charge in [-0.05, 0) is 44.2 Å². The molecular weight excluding hydrogens is 333 g/mol. The number of piperazine rings is 1. The molecule has 0 aromatic heterocycles. The van der Waals surface area contributed by atoms with E-state index in [1.165, 1.54) is 16.4 Å². The van der Waals surface area contributed by atoms with Crippen LogP contribution in [0.5, 0.6) is 0 Å². The van der Waals surface area contributed by atoms with Gasteiger partial charge in [0.2, 0.25) is 15.9 Å². The Labute approximate surface area is 141 Å². The van der Waals surface area contributed by atoms with Crippen molar-refractivity contribution in [1.82, 2.24) is 14.5 Å². The molecule has 1 aromatic rings. The van der Waals surface area contributed by atoms with Gasteiger partial charge in [-0.2, -0.15) is 4.31 Å². The van der Waals surface area contributed by atoms with Crippen LogP contribution >= 0.6 is 0 Å². The summed E-state index contributed by atoms with van der Waals surface area (Å²) in [7, 11) is -1.68. The quantitative estimate of drug-likeness (QED) is 0.852.